The third-order valence-corrected chi connectivity index (χ3v) is 7.35. The molecule has 39 heavy (non-hydrogen) atoms. The van der Waals surface area contributed by atoms with Gasteiger partial charge in [-0.25, -0.2) is 8.78 Å². The summed E-state index contributed by atoms with van der Waals surface area (Å²) in [4.78, 5) is 37.3. The minimum Gasteiger partial charge on any atom is -0.351 e. The fourth-order valence-electron chi connectivity index (χ4n) is 4.94. The number of carbonyl (C=O) groups excluding carboxylic acids is 3. The summed E-state index contributed by atoms with van der Waals surface area (Å²) in [5.41, 5.74) is -1.41. The second-order valence-corrected chi connectivity index (χ2v) is 10.3. The van der Waals surface area contributed by atoms with Gasteiger partial charge in [0, 0.05) is 31.1 Å². The predicted molar refractivity (Wildman–Crippen MR) is 133 cm³/mol. The molecule has 0 bridgehead atoms. The minimum atomic E-state index is -4.56. The van der Waals surface area contributed by atoms with Gasteiger partial charge in [0.1, 0.15) is 5.82 Å². The molecule has 1 saturated carbocycles. The summed E-state index contributed by atoms with van der Waals surface area (Å²) in [6.07, 6.45) is -0.372. The summed E-state index contributed by atoms with van der Waals surface area (Å²) in [6.45, 7) is 3.14. The first-order chi connectivity index (χ1) is 18.4. The van der Waals surface area contributed by atoms with Gasteiger partial charge in [0.2, 0.25) is 12.3 Å². The maximum Gasteiger partial charge on any atom is 0.416 e. The van der Waals surface area contributed by atoms with Gasteiger partial charge in [-0.3, -0.25) is 14.4 Å². The molecule has 2 aromatic rings. The number of amides is 3. The van der Waals surface area contributed by atoms with E-state index < -0.39 is 29.3 Å². The van der Waals surface area contributed by atoms with Crippen LogP contribution in [-0.2, 0) is 21.4 Å². The molecular weight excluding hydrogens is 521 g/mol. The Morgan fingerprint density at radius 3 is 2.26 bits per heavy atom. The Bertz CT molecular complexity index is 1220. The van der Waals surface area contributed by atoms with Gasteiger partial charge in [-0.1, -0.05) is 18.2 Å². The molecule has 2 saturated heterocycles. The van der Waals surface area contributed by atoms with Crippen molar-refractivity contribution in [2.75, 3.05) is 26.2 Å². The summed E-state index contributed by atoms with van der Waals surface area (Å²) in [7, 11) is 0. The van der Waals surface area contributed by atoms with Crippen LogP contribution in [0.1, 0.15) is 65.7 Å². The fraction of sp³-hybridized carbons (Fsp3) is 0.464. The van der Waals surface area contributed by atoms with E-state index in [9.17, 15) is 36.3 Å². The van der Waals surface area contributed by atoms with E-state index in [0.29, 0.717) is 23.6 Å². The van der Waals surface area contributed by atoms with E-state index >= 15 is 0 Å². The molecule has 3 fully saturated rings. The monoisotopic (exact) mass is 551 g/mol. The number of nitrogens with one attached hydrogen (secondary N) is 1. The van der Waals surface area contributed by atoms with Crippen molar-refractivity contribution >= 4 is 18.2 Å². The van der Waals surface area contributed by atoms with Crippen LogP contribution >= 0.6 is 0 Å². The molecule has 1 atom stereocenters. The first-order valence-corrected chi connectivity index (χ1v) is 12.8. The van der Waals surface area contributed by atoms with Gasteiger partial charge in [0.05, 0.1) is 24.7 Å². The minimum absolute atomic E-state index is 0.0271. The predicted octanol–water partition coefficient (Wildman–Crippen LogP) is 4.99. The molecule has 11 heteroatoms. The second kappa shape index (κ2) is 11.3. The summed E-state index contributed by atoms with van der Waals surface area (Å²) >= 11 is 0. The number of hydrogen-bond acceptors (Lipinski definition) is 3. The molecule has 6 nitrogen and oxygen atoms in total. The van der Waals surface area contributed by atoms with Crippen molar-refractivity contribution in [2.24, 2.45) is 5.92 Å². The molecule has 2 aromatic carbocycles. The number of benzene rings is 2. The van der Waals surface area contributed by atoms with Crippen LogP contribution in [0.3, 0.4) is 0 Å². The molecule has 1 unspecified atom stereocenters. The Morgan fingerprint density at radius 2 is 1.72 bits per heavy atom. The average molecular weight is 552 g/mol. The Hall–Kier alpha value is -3.50. The number of rotatable bonds is 6. The van der Waals surface area contributed by atoms with E-state index in [1.54, 1.807) is 24.3 Å². The third kappa shape index (κ3) is 6.57. The number of nitrogens with zero attached hydrogens (tertiary/aromatic N) is 2. The van der Waals surface area contributed by atoms with Crippen molar-refractivity contribution < 1.29 is 36.3 Å². The standard InChI is InChI=1S/C16H19FN2O2.C12H11F4NO/c1-12(20)19-10-16(17,11-19)14-6-4-5-13(9-14)15(21)18-7-2-3-8-18;13-10-5-8(12(14,15)16)3-4-9(10)11(17-6-18)7-1-2-7/h4-6,9H,2-3,7-8,10-11H2,1H3;3-7,11H,1-2H2,(H,17,18). The quantitative estimate of drug-likeness (QED) is 0.406. The lowest BCUT2D eigenvalue weighted by Gasteiger charge is -2.44. The molecule has 3 amide bonds. The lowest BCUT2D eigenvalue weighted by molar-refractivity contribution is -0.143. The number of halogens is 5. The number of likely N-dealkylation sites (tertiary alicyclic amines) is 2. The van der Waals surface area contributed by atoms with Gasteiger partial charge >= 0.3 is 6.18 Å². The molecule has 5 rings (SSSR count). The van der Waals surface area contributed by atoms with E-state index in [1.165, 1.54) is 11.8 Å². The molecule has 0 spiro atoms. The van der Waals surface area contributed by atoms with Crippen LogP contribution in [-0.4, -0.2) is 54.2 Å². The van der Waals surface area contributed by atoms with Crippen LogP contribution in [0.15, 0.2) is 42.5 Å². The largest absolute Gasteiger partial charge is 0.416 e. The van der Waals surface area contributed by atoms with Crippen LogP contribution in [0.5, 0.6) is 0 Å². The van der Waals surface area contributed by atoms with E-state index in [1.807, 2.05) is 4.90 Å². The van der Waals surface area contributed by atoms with Crippen LogP contribution in [0.2, 0.25) is 0 Å². The van der Waals surface area contributed by atoms with Gasteiger partial charge < -0.3 is 15.1 Å². The highest BCUT2D eigenvalue weighted by molar-refractivity contribution is 5.94. The highest BCUT2D eigenvalue weighted by atomic mass is 19.4. The molecule has 0 radical (unpaired) electrons. The lowest BCUT2D eigenvalue weighted by Crippen LogP contribution is -2.58. The topological polar surface area (TPSA) is 69.7 Å². The number of alkyl halides is 4. The molecule has 2 heterocycles. The zero-order chi connectivity index (χ0) is 28.4. The molecule has 2 aliphatic heterocycles. The van der Waals surface area contributed by atoms with Gasteiger partial charge in [-0.05, 0) is 61.4 Å². The van der Waals surface area contributed by atoms with E-state index in [0.717, 1.165) is 50.9 Å². The first-order valence-electron chi connectivity index (χ1n) is 12.8. The molecule has 1 N–H and O–H groups in total. The highest BCUT2D eigenvalue weighted by Gasteiger charge is 2.46. The zero-order valence-electron chi connectivity index (χ0n) is 21.4. The lowest BCUT2D eigenvalue weighted by atomic mass is 9.87. The summed E-state index contributed by atoms with van der Waals surface area (Å²) in [5, 5.41) is 2.46. The Morgan fingerprint density at radius 1 is 1.05 bits per heavy atom. The van der Waals surface area contributed by atoms with E-state index in [4.69, 9.17) is 0 Å². The molecule has 1 aliphatic carbocycles. The molecule has 3 aliphatic rings. The third-order valence-electron chi connectivity index (χ3n) is 7.35. The fourth-order valence-corrected chi connectivity index (χ4v) is 4.94. The van der Waals surface area contributed by atoms with E-state index in [2.05, 4.69) is 5.32 Å². The van der Waals surface area contributed by atoms with Crippen molar-refractivity contribution in [3.63, 3.8) is 0 Å². The Labute approximate surface area is 223 Å². The van der Waals surface area contributed by atoms with Crippen molar-refractivity contribution in [1.29, 1.82) is 0 Å². The summed E-state index contributed by atoms with van der Waals surface area (Å²) in [5.74, 6) is -0.967. The van der Waals surface area contributed by atoms with Crippen LogP contribution in [0.4, 0.5) is 22.0 Å². The van der Waals surface area contributed by atoms with Gasteiger partial charge in [-0.15, -0.1) is 0 Å². The Balaban J connectivity index is 0.000000183. The summed E-state index contributed by atoms with van der Waals surface area (Å²) in [6, 6.07) is 8.64. The number of carbonyl (C=O) groups is 3. The highest BCUT2D eigenvalue weighted by Crippen LogP contribution is 2.42. The smallest absolute Gasteiger partial charge is 0.351 e. The molecule has 210 valence electrons. The maximum atomic E-state index is 14.8. The van der Waals surface area contributed by atoms with Crippen LogP contribution < -0.4 is 5.32 Å². The summed E-state index contributed by atoms with van der Waals surface area (Å²) < 4.78 is 65.6. The zero-order valence-corrected chi connectivity index (χ0v) is 21.4. The van der Waals surface area contributed by atoms with Gasteiger partial charge in [0.25, 0.3) is 5.91 Å². The van der Waals surface area contributed by atoms with Crippen molar-refractivity contribution in [1.82, 2.24) is 15.1 Å². The van der Waals surface area contributed by atoms with E-state index in [-0.39, 0.29) is 36.4 Å². The first kappa shape index (κ1) is 28.5. The van der Waals surface area contributed by atoms with Crippen molar-refractivity contribution in [3.05, 3.63) is 70.5 Å². The average Bonchev–Trinajstić information content (AvgIpc) is 3.57. The van der Waals surface area contributed by atoms with Crippen molar-refractivity contribution in [2.45, 2.75) is 50.5 Å². The van der Waals surface area contributed by atoms with Gasteiger partial charge in [-0.2, -0.15) is 13.2 Å². The van der Waals surface area contributed by atoms with Crippen molar-refractivity contribution in [3.8, 4) is 0 Å². The van der Waals surface area contributed by atoms with Crippen LogP contribution in [0, 0.1) is 11.7 Å². The van der Waals surface area contributed by atoms with Gasteiger partial charge in [0.15, 0.2) is 5.67 Å². The normalized spacial score (nSPS) is 18.9. The number of hydrogen-bond donors (Lipinski definition) is 1. The SMILES string of the molecule is CC(=O)N1CC(F)(c2cccc(C(=O)N3CCCC3)c2)C1.O=CNC(c1ccc(C(F)(F)F)cc1F)C1CC1. The molecular formula is C28H30F5N3O3. The Kier molecular flexibility index (Phi) is 8.27. The van der Waals surface area contributed by atoms with Crippen LogP contribution in [0.25, 0.3) is 0 Å². The maximum absolute atomic E-state index is 14.8. The molecule has 0 aromatic heterocycles. The second-order valence-electron chi connectivity index (χ2n) is 10.3.